The van der Waals surface area contributed by atoms with Gasteiger partial charge in [0.1, 0.15) is 5.82 Å². The molecule has 0 saturated heterocycles. The van der Waals surface area contributed by atoms with E-state index < -0.39 is 0 Å². The lowest BCUT2D eigenvalue weighted by Gasteiger charge is -2.21. The number of aliphatic hydroxyl groups is 1. The maximum atomic E-state index is 13.0. The highest BCUT2D eigenvalue weighted by atomic mass is 19.1. The van der Waals surface area contributed by atoms with Crippen molar-refractivity contribution in [3.05, 3.63) is 35.6 Å². The number of amides is 2. The van der Waals surface area contributed by atoms with Crippen LogP contribution < -0.4 is 10.6 Å². The Morgan fingerprint density at radius 2 is 2.00 bits per heavy atom. The molecule has 5 heteroatoms. The maximum Gasteiger partial charge on any atom is 0.315 e. The quantitative estimate of drug-likeness (QED) is 0.749. The van der Waals surface area contributed by atoms with Gasteiger partial charge in [0, 0.05) is 0 Å². The van der Waals surface area contributed by atoms with Crippen molar-refractivity contribution < 1.29 is 14.3 Å². The molecule has 0 spiro atoms. The van der Waals surface area contributed by atoms with Crippen LogP contribution in [0.3, 0.4) is 0 Å². The normalized spacial score (nSPS) is 17.4. The van der Waals surface area contributed by atoms with Crippen molar-refractivity contribution in [3.63, 3.8) is 0 Å². The van der Waals surface area contributed by atoms with Gasteiger partial charge in [-0.1, -0.05) is 19.1 Å². The molecule has 3 N–H and O–H groups in total. The summed E-state index contributed by atoms with van der Waals surface area (Å²) < 4.78 is 13.0. The maximum absolute atomic E-state index is 13.0. The van der Waals surface area contributed by atoms with Crippen molar-refractivity contribution in [2.24, 2.45) is 5.92 Å². The van der Waals surface area contributed by atoms with Crippen LogP contribution in [0.15, 0.2) is 24.3 Å². The van der Waals surface area contributed by atoms with Crippen LogP contribution in [0.2, 0.25) is 0 Å². The fourth-order valence-corrected chi connectivity index (χ4v) is 2.22. The van der Waals surface area contributed by atoms with E-state index in [0.29, 0.717) is 12.3 Å². The van der Waals surface area contributed by atoms with Gasteiger partial charge in [-0.3, -0.25) is 0 Å². The number of hydrogen-bond acceptors (Lipinski definition) is 2. The Morgan fingerprint density at radius 1 is 1.35 bits per heavy atom. The number of carbonyl (C=O) groups is 1. The van der Waals surface area contributed by atoms with Crippen molar-refractivity contribution in [2.45, 2.75) is 38.3 Å². The largest absolute Gasteiger partial charge is 0.394 e. The van der Waals surface area contributed by atoms with E-state index in [1.165, 1.54) is 12.1 Å². The van der Waals surface area contributed by atoms with Crippen LogP contribution in [-0.2, 0) is 0 Å². The Balaban J connectivity index is 1.99. The van der Waals surface area contributed by atoms with E-state index in [9.17, 15) is 9.18 Å². The number of urea groups is 1. The third-order valence-corrected chi connectivity index (χ3v) is 3.66. The fourth-order valence-electron chi connectivity index (χ4n) is 2.22. The summed E-state index contributed by atoms with van der Waals surface area (Å²) >= 11 is 0. The first-order valence-electron chi connectivity index (χ1n) is 7.07. The molecule has 0 aliphatic heterocycles. The van der Waals surface area contributed by atoms with Crippen LogP contribution in [0.25, 0.3) is 0 Å². The number of benzene rings is 1. The molecule has 4 nitrogen and oxygen atoms in total. The predicted molar refractivity (Wildman–Crippen MR) is 74.7 cm³/mol. The summed E-state index contributed by atoms with van der Waals surface area (Å²) in [7, 11) is 0. The smallest absolute Gasteiger partial charge is 0.315 e. The van der Waals surface area contributed by atoms with Crippen LogP contribution in [0.4, 0.5) is 9.18 Å². The standard InChI is InChI=1S/C15H21FN2O2/c1-2-13(9-19)17-15(20)18-14(10-3-4-10)11-5-7-12(16)8-6-11/h5-8,10,13-14,19H,2-4,9H2,1H3,(H2,17,18,20). The summed E-state index contributed by atoms with van der Waals surface area (Å²) in [5.74, 6) is 0.138. The lowest BCUT2D eigenvalue weighted by molar-refractivity contribution is 0.211. The van der Waals surface area contributed by atoms with Crippen molar-refractivity contribution in [1.29, 1.82) is 0 Å². The molecule has 0 radical (unpaired) electrons. The van der Waals surface area contributed by atoms with Gasteiger partial charge in [0.05, 0.1) is 18.7 Å². The molecular weight excluding hydrogens is 259 g/mol. The fraction of sp³-hybridized carbons (Fsp3) is 0.533. The zero-order valence-corrected chi connectivity index (χ0v) is 11.6. The second kappa shape index (κ2) is 6.70. The summed E-state index contributed by atoms with van der Waals surface area (Å²) in [6.45, 7) is 1.83. The molecule has 1 aromatic rings. The Labute approximate surface area is 118 Å². The summed E-state index contributed by atoms with van der Waals surface area (Å²) in [5.41, 5.74) is 0.918. The van der Waals surface area contributed by atoms with E-state index in [1.807, 2.05) is 6.92 Å². The van der Waals surface area contributed by atoms with Gasteiger partial charge in [0.2, 0.25) is 0 Å². The summed E-state index contributed by atoms with van der Waals surface area (Å²) in [6, 6.07) is 5.63. The summed E-state index contributed by atoms with van der Waals surface area (Å²) in [6.07, 6.45) is 2.81. The first-order chi connectivity index (χ1) is 9.63. The second-order valence-electron chi connectivity index (χ2n) is 5.27. The van der Waals surface area contributed by atoms with E-state index in [4.69, 9.17) is 5.11 Å². The molecule has 1 fully saturated rings. The van der Waals surface area contributed by atoms with Crippen LogP contribution in [-0.4, -0.2) is 23.8 Å². The van der Waals surface area contributed by atoms with Crippen LogP contribution in [0, 0.1) is 11.7 Å². The average molecular weight is 280 g/mol. The average Bonchev–Trinajstić information content (AvgIpc) is 3.28. The molecule has 2 atom stereocenters. The molecular formula is C15H21FN2O2. The monoisotopic (exact) mass is 280 g/mol. The van der Waals surface area contributed by atoms with Gasteiger partial charge in [-0.25, -0.2) is 9.18 Å². The van der Waals surface area contributed by atoms with Gasteiger partial charge < -0.3 is 15.7 Å². The van der Waals surface area contributed by atoms with Crippen molar-refractivity contribution >= 4 is 6.03 Å². The summed E-state index contributed by atoms with van der Waals surface area (Å²) in [4.78, 5) is 11.9. The lowest BCUT2D eigenvalue weighted by Crippen LogP contribution is -2.45. The minimum Gasteiger partial charge on any atom is -0.394 e. The molecule has 1 aliphatic rings. The van der Waals surface area contributed by atoms with E-state index in [1.54, 1.807) is 12.1 Å². The minimum absolute atomic E-state index is 0.0748. The van der Waals surface area contributed by atoms with Gasteiger partial charge >= 0.3 is 6.03 Å². The van der Waals surface area contributed by atoms with Gasteiger partial charge in [-0.05, 0) is 42.9 Å². The number of carbonyl (C=O) groups excluding carboxylic acids is 1. The number of hydrogen-bond donors (Lipinski definition) is 3. The Morgan fingerprint density at radius 3 is 2.50 bits per heavy atom. The van der Waals surface area contributed by atoms with Crippen LogP contribution >= 0.6 is 0 Å². The van der Waals surface area contributed by atoms with E-state index in [2.05, 4.69) is 10.6 Å². The van der Waals surface area contributed by atoms with Gasteiger partial charge in [0.25, 0.3) is 0 Å². The highest BCUT2D eigenvalue weighted by Crippen LogP contribution is 2.40. The second-order valence-corrected chi connectivity index (χ2v) is 5.27. The third kappa shape index (κ3) is 3.93. The van der Waals surface area contributed by atoms with Crippen molar-refractivity contribution in [2.75, 3.05) is 6.61 Å². The highest BCUT2D eigenvalue weighted by Gasteiger charge is 2.33. The van der Waals surface area contributed by atoms with E-state index >= 15 is 0 Å². The molecule has 2 unspecified atom stereocenters. The zero-order valence-electron chi connectivity index (χ0n) is 11.6. The summed E-state index contributed by atoms with van der Waals surface area (Å²) in [5, 5.41) is 14.8. The predicted octanol–water partition coefficient (Wildman–Crippen LogP) is 2.35. The topological polar surface area (TPSA) is 61.4 Å². The molecule has 1 aliphatic carbocycles. The zero-order chi connectivity index (χ0) is 14.5. The number of nitrogens with one attached hydrogen (secondary N) is 2. The molecule has 1 saturated carbocycles. The Bertz CT molecular complexity index is 442. The highest BCUT2D eigenvalue weighted by molar-refractivity contribution is 5.74. The molecule has 0 aromatic heterocycles. The molecule has 2 amide bonds. The van der Waals surface area contributed by atoms with Gasteiger partial charge in [-0.2, -0.15) is 0 Å². The Hall–Kier alpha value is -1.62. The first-order valence-corrected chi connectivity index (χ1v) is 7.07. The molecule has 1 aromatic carbocycles. The number of halogens is 1. The molecule has 20 heavy (non-hydrogen) atoms. The molecule has 0 bridgehead atoms. The van der Waals surface area contributed by atoms with Crippen molar-refractivity contribution in [1.82, 2.24) is 10.6 Å². The van der Waals surface area contributed by atoms with E-state index in [0.717, 1.165) is 18.4 Å². The van der Waals surface area contributed by atoms with Crippen LogP contribution in [0.5, 0.6) is 0 Å². The molecule has 2 rings (SSSR count). The van der Waals surface area contributed by atoms with Crippen molar-refractivity contribution in [3.8, 4) is 0 Å². The Kier molecular flexibility index (Phi) is 4.95. The van der Waals surface area contributed by atoms with Crippen LogP contribution in [0.1, 0.15) is 37.8 Å². The lowest BCUT2D eigenvalue weighted by atomic mass is 10.0. The molecule has 110 valence electrons. The first kappa shape index (κ1) is 14.8. The third-order valence-electron chi connectivity index (χ3n) is 3.66. The van der Waals surface area contributed by atoms with E-state index in [-0.39, 0.29) is 30.5 Å². The number of aliphatic hydroxyl groups excluding tert-OH is 1. The SMILES string of the molecule is CCC(CO)NC(=O)NC(c1ccc(F)cc1)C1CC1. The molecule has 0 heterocycles. The minimum atomic E-state index is -0.285. The van der Waals surface area contributed by atoms with Gasteiger partial charge in [-0.15, -0.1) is 0 Å². The van der Waals surface area contributed by atoms with Gasteiger partial charge in [0.15, 0.2) is 0 Å². The number of rotatable bonds is 6.